The molecule has 0 radical (unpaired) electrons. The maximum absolute atomic E-state index is 8.81. The van der Waals surface area contributed by atoms with E-state index in [4.69, 9.17) is 5.11 Å². The van der Waals surface area contributed by atoms with Crippen LogP contribution in [0.4, 0.5) is 0 Å². The van der Waals surface area contributed by atoms with Crippen molar-refractivity contribution in [3.8, 4) is 11.4 Å². The van der Waals surface area contributed by atoms with Gasteiger partial charge < -0.3 is 5.11 Å². The molecule has 0 fully saturated rings. The van der Waals surface area contributed by atoms with E-state index in [-0.39, 0.29) is 6.61 Å². The number of aryl methyl sites for hydroxylation is 1. The molecule has 2 heterocycles. The SMILES string of the molecule is Cn1cc(-c2ncc(CO)cn2)cn1. The van der Waals surface area contributed by atoms with E-state index in [9.17, 15) is 0 Å². The molecule has 0 unspecified atom stereocenters. The van der Waals surface area contributed by atoms with Crippen molar-refractivity contribution in [2.45, 2.75) is 6.61 Å². The molecule has 2 rings (SSSR count). The van der Waals surface area contributed by atoms with Gasteiger partial charge in [0.05, 0.1) is 18.4 Å². The molecule has 0 spiro atoms. The maximum atomic E-state index is 8.81. The number of hydrogen-bond donors (Lipinski definition) is 1. The van der Waals surface area contributed by atoms with E-state index in [0.717, 1.165) is 5.56 Å². The Hall–Kier alpha value is -1.75. The Bertz CT molecular complexity index is 421. The molecule has 5 nitrogen and oxygen atoms in total. The quantitative estimate of drug-likeness (QED) is 0.743. The minimum Gasteiger partial charge on any atom is -0.392 e. The standard InChI is InChI=1S/C9H10N4O/c1-13-5-8(4-12-13)9-10-2-7(6-14)3-11-9/h2-5,14H,6H2,1H3. The van der Waals surface area contributed by atoms with Crippen molar-refractivity contribution in [3.05, 3.63) is 30.4 Å². The van der Waals surface area contributed by atoms with Crippen molar-refractivity contribution in [1.82, 2.24) is 19.7 Å². The van der Waals surface area contributed by atoms with E-state index < -0.39 is 0 Å². The lowest BCUT2D eigenvalue weighted by atomic mass is 10.3. The molecule has 5 heteroatoms. The van der Waals surface area contributed by atoms with Crippen LogP contribution in [0.2, 0.25) is 0 Å². The van der Waals surface area contributed by atoms with Gasteiger partial charge in [0.1, 0.15) is 0 Å². The van der Waals surface area contributed by atoms with Crippen LogP contribution < -0.4 is 0 Å². The molecule has 0 aliphatic heterocycles. The van der Waals surface area contributed by atoms with E-state index in [2.05, 4.69) is 15.1 Å². The highest BCUT2D eigenvalue weighted by Gasteiger charge is 2.02. The van der Waals surface area contributed by atoms with Gasteiger partial charge in [-0.2, -0.15) is 5.10 Å². The van der Waals surface area contributed by atoms with Crippen LogP contribution in [0.15, 0.2) is 24.8 Å². The zero-order chi connectivity index (χ0) is 9.97. The van der Waals surface area contributed by atoms with Crippen LogP contribution in [0.5, 0.6) is 0 Å². The normalized spacial score (nSPS) is 10.4. The molecular weight excluding hydrogens is 180 g/mol. The van der Waals surface area contributed by atoms with Crippen LogP contribution in [0.25, 0.3) is 11.4 Å². The van der Waals surface area contributed by atoms with Crippen molar-refractivity contribution in [3.63, 3.8) is 0 Å². The van der Waals surface area contributed by atoms with E-state index in [1.165, 1.54) is 0 Å². The Morgan fingerprint density at radius 3 is 2.50 bits per heavy atom. The fourth-order valence-electron chi connectivity index (χ4n) is 1.12. The Balaban J connectivity index is 2.33. The van der Waals surface area contributed by atoms with Crippen LogP contribution in [0.1, 0.15) is 5.56 Å². The summed E-state index contributed by atoms with van der Waals surface area (Å²) in [5.41, 5.74) is 1.58. The third-order valence-corrected chi connectivity index (χ3v) is 1.85. The molecule has 0 aliphatic rings. The zero-order valence-electron chi connectivity index (χ0n) is 7.75. The Kier molecular flexibility index (Phi) is 2.24. The Labute approximate surface area is 81.1 Å². The summed E-state index contributed by atoms with van der Waals surface area (Å²) in [4.78, 5) is 8.22. The van der Waals surface area contributed by atoms with Gasteiger partial charge in [0.2, 0.25) is 0 Å². The molecule has 0 aromatic carbocycles. The van der Waals surface area contributed by atoms with Gasteiger partial charge in [-0.3, -0.25) is 4.68 Å². The summed E-state index contributed by atoms with van der Waals surface area (Å²) >= 11 is 0. The number of nitrogens with zero attached hydrogens (tertiary/aromatic N) is 4. The van der Waals surface area contributed by atoms with Crippen LogP contribution in [-0.4, -0.2) is 24.9 Å². The number of hydrogen-bond acceptors (Lipinski definition) is 4. The van der Waals surface area contributed by atoms with Gasteiger partial charge in [0.15, 0.2) is 5.82 Å². The molecule has 0 amide bonds. The Morgan fingerprint density at radius 2 is 2.00 bits per heavy atom. The average molecular weight is 190 g/mol. The number of aliphatic hydroxyl groups is 1. The van der Waals surface area contributed by atoms with Crippen molar-refractivity contribution in [2.75, 3.05) is 0 Å². The Morgan fingerprint density at radius 1 is 1.29 bits per heavy atom. The topological polar surface area (TPSA) is 63.8 Å². The molecule has 14 heavy (non-hydrogen) atoms. The predicted octanol–water partition coefficient (Wildman–Crippen LogP) is 0.369. The first-order valence-electron chi connectivity index (χ1n) is 4.20. The molecule has 1 N–H and O–H groups in total. The molecule has 72 valence electrons. The van der Waals surface area contributed by atoms with Crippen LogP contribution in [-0.2, 0) is 13.7 Å². The molecule has 0 aliphatic carbocycles. The average Bonchev–Trinajstić information content (AvgIpc) is 2.65. The summed E-state index contributed by atoms with van der Waals surface area (Å²) < 4.78 is 1.69. The highest BCUT2D eigenvalue weighted by Crippen LogP contribution is 2.12. The molecule has 2 aromatic rings. The summed E-state index contributed by atoms with van der Waals surface area (Å²) in [7, 11) is 1.84. The van der Waals surface area contributed by atoms with Gasteiger partial charge in [0, 0.05) is 31.2 Å². The van der Waals surface area contributed by atoms with Crippen molar-refractivity contribution in [2.24, 2.45) is 7.05 Å². The van der Waals surface area contributed by atoms with E-state index in [1.54, 1.807) is 23.3 Å². The van der Waals surface area contributed by atoms with Gasteiger partial charge in [0.25, 0.3) is 0 Å². The lowest BCUT2D eigenvalue weighted by Gasteiger charge is -1.96. The maximum Gasteiger partial charge on any atom is 0.162 e. The number of aliphatic hydroxyl groups excluding tert-OH is 1. The first-order chi connectivity index (χ1) is 6.79. The lowest BCUT2D eigenvalue weighted by molar-refractivity contribution is 0.281. The van der Waals surface area contributed by atoms with Gasteiger partial charge in [-0.25, -0.2) is 9.97 Å². The monoisotopic (exact) mass is 190 g/mol. The summed E-state index contributed by atoms with van der Waals surface area (Å²) in [6.45, 7) is -0.0344. The fraction of sp³-hybridized carbons (Fsp3) is 0.222. The molecule has 0 saturated heterocycles. The summed E-state index contributed by atoms with van der Waals surface area (Å²) in [5, 5.41) is 12.8. The highest BCUT2D eigenvalue weighted by molar-refractivity contribution is 5.51. The molecular formula is C9H10N4O. The van der Waals surface area contributed by atoms with Crippen molar-refractivity contribution in [1.29, 1.82) is 0 Å². The van der Waals surface area contributed by atoms with E-state index in [1.807, 2.05) is 13.2 Å². The summed E-state index contributed by atoms with van der Waals surface area (Å²) in [5.74, 6) is 0.621. The number of aromatic nitrogens is 4. The highest BCUT2D eigenvalue weighted by atomic mass is 16.3. The van der Waals surface area contributed by atoms with Gasteiger partial charge >= 0.3 is 0 Å². The van der Waals surface area contributed by atoms with E-state index >= 15 is 0 Å². The second-order valence-electron chi connectivity index (χ2n) is 2.98. The van der Waals surface area contributed by atoms with Gasteiger partial charge in [-0.05, 0) is 0 Å². The minimum atomic E-state index is -0.0344. The third-order valence-electron chi connectivity index (χ3n) is 1.85. The van der Waals surface area contributed by atoms with Crippen LogP contribution in [0, 0.1) is 0 Å². The van der Waals surface area contributed by atoms with Crippen molar-refractivity contribution < 1.29 is 5.11 Å². The first-order valence-corrected chi connectivity index (χ1v) is 4.20. The van der Waals surface area contributed by atoms with Gasteiger partial charge in [-0.15, -0.1) is 0 Å². The molecule has 2 aromatic heterocycles. The second kappa shape index (κ2) is 3.55. The first kappa shape index (κ1) is 8.83. The van der Waals surface area contributed by atoms with Crippen LogP contribution in [0.3, 0.4) is 0 Å². The molecule has 0 atom stereocenters. The van der Waals surface area contributed by atoms with Crippen LogP contribution >= 0.6 is 0 Å². The predicted molar refractivity (Wildman–Crippen MR) is 50.2 cm³/mol. The van der Waals surface area contributed by atoms with E-state index in [0.29, 0.717) is 11.4 Å². The second-order valence-corrected chi connectivity index (χ2v) is 2.98. The number of rotatable bonds is 2. The molecule has 0 saturated carbocycles. The summed E-state index contributed by atoms with van der Waals surface area (Å²) in [6, 6.07) is 0. The smallest absolute Gasteiger partial charge is 0.162 e. The largest absolute Gasteiger partial charge is 0.392 e. The zero-order valence-corrected chi connectivity index (χ0v) is 7.75. The lowest BCUT2D eigenvalue weighted by Crippen LogP contribution is -1.91. The summed E-state index contributed by atoms with van der Waals surface area (Å²) in [6.07, 6.45) is 6.76. The third kappa shape index (κ3) is 1.62. The molecule has 0 bridgehead atoms. The fourth-order valence-corrected chi connectivity index (χ4v) is 1.12. The van der Waals surface area contributed by atoms with Crippen molar-refractivity contribution >= 4 is 0 Å². The minimum absolute atomic E-state index is 0.0344. The van der Waals surface area contributed by atoms with Gasteiger partial charge in [-0.1, -0.05) is 0 Å².